The van der Waals surface area contributed by atoms with Crippen molar-refractivity contribution in [1.82, 2.24) is 0 Å². The molecule has 0 bridgehead atoms. The molecule has 0 amide bonds. The minimum Gasteiger partial charge on any atom is -0.382 e. The maximum Gasteiger partial charge on any atom is 0.161 e. The number of nitrogens with one attached hydrogen (secondary N) is 1. The van der Waals surface area contributed by atoms with E-state index in [1.807, 2.05) is 4.90 Å². The largest absolute Gasteiger partial charge is 0.382 e. The predicted molar refractivity (Wildman–Crippen MR) is 72.3 cm³/mol. The number of benzene rings is 2. The van der Waals surface area contributed by atoms with Gasteiger partial charge in [0.05, 0.1) is 11.4 Å². The van der Waals surface area contributed by atoms with E-state index in [1.165, 1.54) is 24.3 Å². The van der Waals surface area contributed by atoms with E-state index in [0.717, 1.165) is 5.56 Å². The molecule has 0 aliphatic carbocycles. The van der Waals surface area contributed by atoms with E-state index >= 15 is 0 Å². The molecule has 0 fully saturated rings. The van der Waals surface area contributed by atoms with Gasteiger partial charge in [0.25, 0.3) is 0 Å². The third kappa shape index (κ3) is 2.43. The minimum atomic E-state index is -0.864. The summed E-state index contributed by atoms with van der Waals surface area (Å²) >= 11 is 0. The van der Waals surface area contributed by atoms with Gasteiger partial charge in [0.1, 0.15) is 5.82 Å². The molecule has 2 aromatic carbocycles. The first-order valence-corrected chi connectivity index (χ1v) is 6.36. The highest BCUT2D eigenvalue weighted by atomic mass is 19.2. The van der Waals surface area contributed by atoms with Crippen molar-refractivity contribution in [1.29, 1.82) is 0 Å². The summed E-state index contributed by atoms with van der Waals surface area (Å²) in [6.45, 7) is 1.86. The lowest BCUT2D eigenvalue weighted by molar-refractivity contribution is 0.508. The average Bonchev–Trinajstić information content (AvgIpc) is 2.43. The summed E-state index contributed by atoms with van der Waals surface area (Å²) in [7, 11) is 0. The second-order valence-corrected chi connectivity index (χ2v) is 4.76. The van der Waals surface area contributed by atoms with Crippen LogP contribution in [0.4, 0.5) is 24.5 Å². The second kappa shape index (κ2) is 5.07. The summed E-state index contributed by atoms with van der Waals surface area (Å²) in [4.78, 5) is 1.95. The number of rotatable bonds is 2. The Morgan fingerprint density at radius 1 is 1.00 bits per heavy atom. The maximum atomic E-state index is 13.4. The molecule has 0 unspecified atom stereocenters. The Hall–Kier alpha value is -2.17. The Balaban J connectivity index is 1.89. The first kappa shape index (κ1) is 12.8. The zero-order valence-corrected chi connectivity index (χ0v) is 10.7. The Morgan fingerprint density at radius 2 is 1.70 bits per heavy atom. The lowest BCUT2D eigenvalue weighted by Crippen LogP contribution is -2.33. The van der Waals surface area contributed by atoms with Crippen molar-refractivity contribution in [2.45, 2.75) is 6.54 Å². The van der Waals surface area contributed by atoms with Crippen molar-refractivity contribution in [2.75, 3.05) is 23.3 Å². The lowest BCUT2D eigenvalue weighted by atomic mass is 10.1. The molecule has 0 saturated carbocycles. The van der Waals surface area contributed by atoms with Crippen molar-refractivity contribution in [3.8, 4) is 0 Å². The van der Waals surface area contributed by atoms with E-state index < -0.39 is 11.6 Å². The highest BCUT2D eigenvalue weighted by molar-refractivity contribution is 5.72. The smallest absolute Gasteiger partial charge is 0.161 e. The van der Waals surface area contributed by atoms with Gasteiger partial charge in [-0.1, -0.05) is 12.1 Å². The standard InChI is InChI=1S/C15H13F3N2/c16-11-3-1-10(2-4-11)9-20-6-5-19-14-7-12(17)13(18)8-15(14)20/h1-4,7-8,19H,5-6,9H2. The SMILES string of the molecule is Fc1ccc(CN2CCNc3cc(F)c(F)cc32)cc1. The van der Waals surface area contributed by atoms with Crippen LogP contribution in [-0.2, 0) is 6.54 Å². The third-order valence-electron chi connectivity index (χ3n) is 3.36. The topological polar surface area (TPSA) is 15.3 Å². The van der Waals surface area contributed by atoms with Gasteiger partial charge in [-0.2, -0.15) is 0 Å². The van der Waals surface area contributed by atoms with Gasteiger partial charge in [0, 0.05) is 31.8 Å². The van der Waals surface area contributed by atoms with Crippen LogP contribution in [0.25, 0.3) is 0 Å². The molecule has 0 spiro atoms. The van der Waals surface area contributed by atoms with Gasteiger partial charge in [0.2, 0.25) is 0 Å². The number of halogens is 3. The van der Waals surface area contributed by atoms with Gasteiger partial charge in [-0.3, -0.25) is 0 Å². The van der Waals surface area contributed by atoms with E-state index in [1.54, 1.807) is 12.1 Å². The fourth-order valence-electron chi connectivity index (χ4n) is 2.36. The van der Waals surface area contributed by atoms with E-state index in [4.69, 9.17) is 0 Å². The highest BCUT2D eigenvalue weighted by Gasteiger charge is 2.19. The van der Waals surface area contributed by atoms with Gasteiger partial charge in [-0.15, -0.1) is 0 Å². The normalized spacial score (nSPS) is 13.8. The number of nitrogens with zero attached hydrogens (tertiary/aromatic N) is 1. The number of hydrogen-bond acceptors (Lipinski definition) is 2. The molecule has 104 valence electrons. The molecule has 0 atom stereocenters. The predicted octanol–water partition coefficient (Wildman–Crippen LogP) is 3.54. The van der Waals surface area contributed by atoms with Gasteiger partial charge >= 0.3 is 0 Å². The van der Waals surface area contributed by atoms with E-state index in [-0.39, 0.29) is 5.82 Å². The zero-order chi connectivity index (χ0) is 14.1. The molecule has 2 aromatic rings. The zero-order valence-electron chi connectivity index (χ0n) is 10.7. The van der Waals surface area contributed by atoms with Crippen LogP contribution in [0.5, 0.6) is 0 Å². The molecule has 0 radical (unpaired) electrons. The quantitative estimate of drug-likeness (QED) is 0.904. The Labute approximate surface area is 114 Å². The van der Waals surface area contributed by atoms with Crippen LogP contribution in [0.1, 0.15) is 5.56 Å². The monoisotopic (exact) mass is 278 g/mol. The van der Waals surface area contributed by atoms with E-state index in [2.05, 4.69) is 5.32 Å². The second-order valence-electron chi connectivity index (χ2n) is 4.76. The molecule has 3 rings (SSSR count). The van der Waals surface area contributed by atoms with Gasteiger partial charge in [-0.25, -0.2) is 13.2 Å². The summed E-state index contributed by atoms with van der Waals surface area (Å²) in [5.74, 6) is -2.01. The fourth-order valence-corrected chi connectivity index (χ4v) is 2.36. The molecule has 1 heterocycles. The lowest BCUT2D eigenvalue weighted by Gasteiger charge is -2.32. The van der Waals surface area contributed by atoms with E-state index in [9.17, 15) is 13.2 Å². The molecule has 1 aliphatic rings. The van der Waals surface area contributed by atoms with Gasteiger partial charge in [-0.05, 0) is 17.7 Å². The Kier molecular flexibility index (Phi) is 3.26. The first-order chi connectivity index (χ1) is 9.63. The molecule has 5 heteroatoms. The third-order valence-corrected chi connectivity index (χ3v) is 3.36. The van der Waals surface area contributed by atoms with E-state index in [0.29, 0.717) is 31.0 Å². The van der Waals surface area contributed by atoms with Crippen LogP contribution in [-0.4, -0.2) is 13.1 Å². The van der Waals surface area contributed by atoms with Gasteiger partial charge in [0.15, 0.2) is 11.6 Å². The Bertz CT molecular complexity index is 626. The van der Waals surface area contributed by atoms with Crippen molar-refractivity contribution in [2.24, 2.45) is 0 Å². The van der Waals surface area contributed by atoms with Crippen LogP contribution in [0.15, 0.2) is 36.4 Å². The van der Waals surface area contributed by atoms with Crippen LogP contribution in [0.2, 0.25) is 0 Å². The fraction of sp³-hybridized carbons (Fsp3) is 0.200. The summed E-state index contributed by atoms with van der Waals surface area (Å²) in [6, 6.07) is 8.53. The average molecular weight is 278 g/mol. The molecule has 2 nitrogen and oxygen atoms in total. The van der Waals surface area contributed by atoms with Gasteiger partial charge < -0.3 is 10.2 Å². The number of anilines is 2. The molecule has 0 saturated heterocycles. The van der Waals surface area contributed by atoms with Crippen molar-refractivity contribution in [3.63, 3.8) is 0 Å². The van der Waals surface area contributed by atoms with Crippen molar-refractivity contribution >= 4 is 11.4 Å². The van der Waals surface area contributed by atoms with Crippen LogP contribution < -0.4 is 10.2 Å². The molecular formula is C15H13F3N2. The summed E-state index contributed by atoms with van der Waals surface area (Å²) < 4.78 is 39.5. The number of hydrogen-bond donors (Lipinski definition) is 1. The molecule has 0 aromatic heterocycles. The highest BCUT2D eigenvalue weighted by Crippen LogP contribution is 2.32. The summed E-state index contributed by atoms with van der Waals surface area (Å²) in [6.07, 6.45) is 0. The minimum absolute atomic E-state index is 0.289. The Morgan fingerprint density at radius 3 is 2.45 bits per heavy atom. The summed E-state index contributed by atoms with van der Waals surface area (Å²) in [5, 5.41) is 3.05. The van der Waals surface area contributed by atoms with Crippen LogP contribution >= 0.6 is 0 Å². The molecular weight excluding hydrogens is 265 g/mol. The van der Waals surface area contributed by atoms with Crippen molar-refractivity contribution in [3.05, 3.63) is 59.4 Å². The molecule has 20 heavy (non-hydrogen) atoms. The first-order valence-electron chi connectivity index (χ1n) is 6.36. The number of fused-ring (bicyclic) bond motifs is 1. The maximum absolute atomic E-state index is 13.4. The summed E-state index contributed by atoms with van der Waals surface area (Å²) in [5.41, 5.74) is 2.13. The van der Waals surface area contributed by atoms with Crippen molar-refractivity contribution < 1.29 is 13.2 Å². The van der Waals surface area contributed by atoms with Crippen LogP contribution in [0, 0.1) is 17.5 Å². The molecule has 1 aliphatic heterocycles. The van der Waals surface area contributed by atoms with Crippen LogP contribution in [0.3, 0.4) is 0 Å². The molecule has 1 N–H and O–H groups in total.